The summed E-state index contributed by atoms with van der Waals surface area (Å²) in [4.78, 5) is 16.6. The molecule has 0 aliphatic carbocycles. The predicted octanol–water partition coefficient (Wildman–Crippen LogP) is 1.73. The molecule has 0 radical (unpaired) electrons. The lowest BCUT2D eigenvalue weighted by Crippen LogP contribution is -2.51. The van der Waals surface area contributed by atoms with Crippen molar-refractivity contribution in [1.29, 1.82) is 0 Å². The van der Waals surface area contributed by atoms with E-state index in [1.54, 1.807) is 0 Å². The molecule has 1 aliphatic heterocycles. The summed E-state index contributed by atoms with van der Waals surface area (Å²) in [5.74, 6) is 0.259. The molecule has 0 aromatic rings. The summed E-state index contributed by atoms with van der Waals surface area (Å²) in [5.41, 5.74) is 0.0507. The average Bonchev–Trinajstić information content (AvgIpc) is 2.44. The number of aliphatic hydroxyl groups is 1. The third-order valence-corrected chi connectivity index (χ3v) is 4.69. The molecule has 1 saturated heterocycles. The topological polar surface area (TPSA) is 43.8 Å². The fourth-order valence-electron chi connectivity index (χ4n) is 2.91. The van der Waals surface area contributed by atoms with E-state index in [4.69, 9.17) is 0 Å². The smallest absolute Gasteiger partial charge is 0.239 e. The van der Waals surface area contributed by atoms with Gasteiger partial charge in [0.05, 0.1) is 6.04 Å². The molecule has 1 atom stereocenters. The number of likely N-dealkylation sites (tertiary alicyclic amines) is 1. The van der Waals surface area contributed by atoms with E-state index in [1.807, 2.05) is 23.9 Å². The Morgan fingerprint density at radius 3 is 2.26 bits per heavy atom. The van der Waals surface area contributed by atoms with E-state index in [2.05, 4.69) is 13.8 Å². The molecule has 0 aromatic heterocycles. The zero-order chi connectivity index (χ0) is 14.5. The van der Waals surface area contributed by atoms with E-state index in [0.717, 1.165) is 45.2 Å². The lowest BCUT2D eigenvalue weighted by atomic mass is 9.77. The SMILES string of the molecule is CCCC(C(=O)N1CCC(CC)(CO)CC1)N(C)C. The fraction of sp³-hybridized carbons (Fsp3) is 0.933. The van der Waals surface area contributed by atoms with Gasteiger partial charge in [-0.15, -0.1) is 0 Å². The van der Waals surface area contributed by atoms with Crippen LogP contribution < -0.4 is 0 Å². The third-order valence-electron chi connectivity index (χ3n) is 4.69. The Hall–Kier alpha value is -0.610. The molecule has 0 spiro atoms. The van der Waals surface area contributed by atoms with Gasteiger partial charge in [0.2, 0.25) is 5.91 Å². The van der Waals surface area contributed by atoms with Crippen molar-refractivity contribution in [2.75, 3.05) is 33.8 Å². The first-order valence-electron chi connectivity index (χ1n) is 7.55. The quantitative estimate of drug-likeness (QED) is 0.799. The van der Waals surface area contributed by atoms with Crippen molar-refractivity contribution < 1.29 is 9.90 Å². The van der Waals surface area contributed by atoms with Crippen molar-refractivity contribution in [3.05, 3.63) is 0 Å². The van der Waals surface area contributed by atoms with Crippen LogP contribution in [-0.2, 0) is 4.79 Å². The van der Waals surface area contributed by atoms with Gasteiger partial charge >= 0.3 is 0 Å². The van der Waals surface area contributed by atoms with Crippen LogP contribution in [0.25, 0.3) is 0 Å². The number of carbonyl (C=O) groups excluding carboxylic acids is 1. The summed E-state index contributed by atoms with van der Waals surface area (Å²) in [6.07, 6.45) is 4.80. The summed E-state index contributed by atoms with van der Waals surface area (Å²) in [7, 11) is 3.96. The molecule has 1 unspecified atom stereocenters. The lowest BCUT2D eigenvalue weighted by Gasteiger charge is -2.41. The largest absolute Gasteiger partial charge is 0.396 e. The normalized spacial score (nSPS) is 20.6. The van der Waals surface area contributed by atoms with Crippen molar-refractivity contribution >= 4 is 5.91 Å². The highest BCUT2D eigenvalue weighted by Gasteiger charge is 2.35. The Balaban J connectivity index is 2.61. The van der Waals surface area contributed by atoms with Crippen LogP contribution in [0.15, 0.2) is 0 Å². The maximum Gasteiger partial charge on any atom is 0.239 e. The number of hydrogen-bond donors (Lipinski definition) is 1. The molecule has 0 saturated carbocycles. The minimum Gasteiger partial charge on any atom is -0.396 e. The van der Waals surface area contributed by atoms with Crippen molar-refractivity contribution in [3.8, 4) is 0 Å². The van der Waals surface area contributed by atoms with Gasteiger partial charge in [-0.25, -0.2) is 0 Å². The van der Waals surface area contributed by atoms with Crippen LogP contribution in [-0.4, -0.2) is 60.6 Å². The van der Waals surface area contributed by atoms with Crippen LogP contribution in [0.5, 0.6) is 0 Å². The van der Waals surface area contributed by atoms with Gasteiger partial charge in [0.1, 0.15) is 0 Å². The van der Waals surface area contributed by atoms with E-state index in [1.165, 1.54) is 0 Å². The third kappa shape index (κ3) is 3.93. The number of amides is 1. The van der Waals surface area contributed by atoms with Gasteiger partial charge in [0.25, 0.3) is 0 Å². The van der Waals surface area contributed by atoms with Crippen LogP contribution in [0, 0.1) is 5.41 Å². The maximum absolute atomic E-state index is 12.5. The number of aliphatic hydroxyl groups excluding tert-OH is 1. The fourth-order valence-corrected chi connectivity index (χ4v) is 2.91. The first-order chi connectivity index (χ1) is 8.99. The Morgan fingerprint density at radius 2 is 1.89 bits per heavy atom. The number of carbonyl (C=O) groups is 1. The number of likely N-dealkylation sites (N-methyl/N-ethyl adjacent to an activating group) is 1. The molecule has 112 valence electrons. The molecular weight excluding hydrogens is 240 g/mol. The van der Waals surface area contributed by atoms with E-state index < -0.39 is 0 Å². The lowest BCUT2D eigenvalue weighted by molar-refractivity contribution is -0.139. The minimum atomic E-state index is 0.00764. The standard InChI is InChI=1S/C15H30N2O2/c1-5-7-13(16(3)4)14(19)17-10-8-15(6-2,12-18)9-11-17/h13,18H,5-12H2,1-4H3. The summed E-state index contributed by atoms with van der Waals surface area (Å²) in [5, 5.41) is 9.54. The minimum absolute atomic E-state index is 0.00764. The number of piperidine rings is 1. The van der Waals surface area contributed by atoms with Crippen LogP contribution in [0.2, 0.25) is 0 Å². The van der Waals surface area contributed by atoms with E-state index in [9.17, 15) is 9.90 Å². The molecular formula is C15H30N2O2. The van der Waals surface area contributed by atoms with Crippen molar-refractivity contribution in [2.45, 2.75) is 52.0 Å². The van der Waals surface area contributed by atoms with Gasteiger partial charge in [0.15, 0.2) is 0 Å². The Kier molecular flexibility index (Phi) is 6.27. The van der Waals surface area contributed by atoms with Crippen molar-refractivity contribution in [2.24, 2.45) is 5.41 Å². The van der Waals surface area contributed by atoms with Crippen LogP contribution in [0.3, 0.4) is 0 Å². The number of hydrogen-bond acceptors (Lipinski definition) is 3. The van der Waals surface area contributed by atoms with Crippen LogP contribution >= 0.6 is 0 Å². The van der Waals surface area contributed by atoms with Crippen molar-refractivity contribution in [1.82, 2.24) is 9.80 Å². The van der Waals surface area contributed by atoms with Gasteiger partial charge in [0, 0.05) is 19.7 Å². The molecule has 4 heteroatoms. The first kappa shape index (κ1) is 16.4. The summed E-state index contributed by atoms with van der Waals surface area (Å²) >= 11 is 0. The van der Waals surface area contributed by atoms with Crippen molar-refractivity contribution in [3.63, 3.8) is 0 Å². The van der Waals surface area contributed by atoms with Gasteiger partial charge in [-0.2, -0.15) is 0 Å². The van der Waals surface area contributed by atoms with Gasteiger partial charge in [-0.1, -0.05) is 20.3 Å². The molecule has 1 amide bonds. The molecule has 0 aromatic carbocycles. The summed E-state index contributed by atoms with van der Waals surface area (Å²) < 4.78 is 0. The Morgan fingerprint density at radius 1 is 1.32 bits per heavy atom. The molecule has 19 heavy (non-hydrogen) atoms. The molecule has 1 heterocycles. The summed E-state index contributed by atoms with van der Waals surface area (Å²) in [6.45, 7) is 6.08. The first-order valence-corrected chi connectivity index (χ1v) is 7.55. The van der Waals surface area contributed by atoms with Crippen LogP contribution in [0.4, 0.5) is 0 Å². The van der Waals surface area contributed by atoms with Crippen LogP contribution in [0.1, 0.15) is 46.0 Å². The van der Waals surface area contributed by atoms with Gasteiger partial charge in [-0.05, 0) is 45.2 Å². The monoisotopic (exact) mass is 270 g/mol. The predicted molar refractivity (Wildman–Crippen MR) is 78.0 cm³/mol. The van der Waals surface area contributed by atoms with E-state index >= 15 is 0 Å². The Labute approximate surface area is 117 Å². The molecule has 1 N–H and O–H groups in total. The Bertz CT molecular complexity index is 278. The number of rotatable bonds is 6. The zero-order valence-corrected chi connectivity index (χ0v) is 13.0. The molecule has 4 nitrogen and oxygen atoms in total. The van der Waals surface area contributed by atoms with E-state index in [0.29, 0.717) is 0 Å². The maximum atomic E-state index is 12.5. The molecule has 1 fully saturated rings. The molecule has 1 rings (SSSR count). The molecule has 0 bridgehead atoms. The molecule has 1 aliphatic rings. The number of nitrogens with zero attached hydrogens (tertiary/aromatic N) is 2. The second-order valence-corrected chi connectivity index (χ2v) is 6.11. The zero-order valence-electron chi connectivity index (χ0n) is 13.0. The van der Waals surface area contributed by atoms with Gasteiger partial charge in [-0.3, -0.25) is 9.69 Å². The van der Waals surface area contributed by atoms with Gasteiger partial charge < -0.3 is 10.0 Å². The average molecular weight is 270 g/mol. The second-order valence-electron chi connectivity index (χ2n) is 6.11. The highest BCUT2D eigenvalue weighted by atomic mass is 16.3. The second kappa shape index (κ2) is 7.25. The highest BCUT2D eigenvalue weighted by Crippen LogP contribution is 2.34. The van der Waals surface area contributed by atoms with E-state index in [-0.39, 0.29) is 24.0 Å². The summed E-state index contributed by atoms with van der Waals surface area (Å²) in [6, 6.07) is 0.00764. The highest BCUT2D eigenvalue weighted by molar-refractivity contribution is 5.81.